The van der Waals surface area contributed by atoms with E-state index in [1.807, 2.05) is 61.0 Å². The fourth-order valence-electron chi connectivity index (χ4n) is 5.98. The Morgan fingerprint density at radius 2 is 1.60 bits per heavy atom. The number of carbonyl (C=O) groups excluding carboxylic acids is 3. The molecule has 3 aromatic heterocycles. The van der Waals surface area contributed by atoms with Crippen molar-refractivity contribution in [2.75, 3.05) is 12.4 Å². The van der Waals surface area contributed by atoms with Crippen molar-refractivity contribution in [1.82, 2.24) is 15.2 Å². The van der Waals surface area contributed by atoms with Crippen LogP contribution in [0.1, 0.15) is 32.6 Å². The van der Waals surface area contributed by atoms with Gasteiger partial charge in [-0.2, -0.15) is 19.8 Å². The van der Waals surface area contributed by atoms with E-state index < -0.39 is 34.2 Å². The Balaban J connectivity index is 1.39. The Labute approximate surface area is 299 Å². The number of para-hydroxylation sites is 1. The molecular formula is C38H34N4O5S3. The second kappa shape index (κ2) is 15.1. The number of nitrogens with zero attached hydrogens (tertiary/aromatic N) is 1. The molecule has 3 N–H and O–H groups in total. The van der Waals surface area contributed by atoms with Crippen LogP contribution in [0.15, 0.2) is 107 Å². The van der Waals surface area contributed by atoms with Gasteiger partial charge in [-0.15, -0.1) is 11.3 Å². The highest BCUT2D eigenvalue weighted by Crippen LogP contribution is 2.25. The summed E-state index contributed by atoms with van der Waals surface area (Å²) in [6, 6.07) is 23.0. The number of H-pyrrole nitrogens is 1. The van der Waals surface area contributed by atoms with Crippen molar-refractivity contribution in [3.63, 3.8) is 0 Å². The number of carbonyl (C=O) groups is 3. The van der Waals surface area contributed by atoms with Crippen molar-refractivity contribution < 1.29 is 22.8 Å². The summed E-state index contributed by atoms with van der Waals surface area (Å²) < 4.78 is 26.0. The van der Waals surface area contributed by atoms with Crippen molar-refractivity contribution in [3.8, 4) is 11.1 Å². The standard InChI is InChI=1S/C38H34N4O5S3/c1-23-17-24(2)19-28(18-23)38(45)42(3)32(20-25-10-12-26(13-11-25)27-14-16-48-22-27)36(43)41-34(37(44)40-33-9-6-15-49-33)35(50(46)47)30-21-39-31-8-5-4-7-29(30)31/h4-19,21-22,32,34,39H,20H2,1-3H3,(H,40,44)(H,41,43)/t32-,34+/m1/s1. The molecule has 12 heteroatoms. The molecule has 3 heterocycles. The Kier molecular flexibility index (Phi) is 10.4. The van der Waals surface area contributed by atoms with Gasteiger partial charge in [0.05, 0.1) is 5.00 Å². The van der Waals surface area contributed by atoms with Crippen molar-refractivity contribution in [2.24, 2.45) is 0 Å². The lowest BCUT2D eigenvalue weighted by Crippen LogP contribution is -2.56. The van der Waals surface area contributed by atoms with Gasteiger partial charge in [0.15, 0.2) is 0 Å². The highest BCUT2D eigenvalue weighted by Gasteiger charge is 2.35. The number of thiophene rings is 2. The zero-order valence-corrected chi connectivity index (χ0v) is 29.9. The fraction of sp³-hybridized carbons (Fsp3) is 0.158. The summed E-state index contributed by atoms with van der Waals surface area (Å²) in [7, 11) is -1.39. The smallest absolute Gasteiger partial charge is 0.254 e. The summed E-state index contributed by atoms with van der Waals surface area (Å²) in [6.45, 7) is 3.79. The number of aromatic amines is 1. The lowest BCUT2D eigenvalue weighted by molar-refractivity contribution is -0.128. The van der Waals surface area contributed by atoms with Gasteiger partial charge >= 0.3 is 0 Å². The Morgan fingerprint density at radius 1 is 0.860 bits per heavy atom. The number of benzene rings is 3. The average Bonchev–Trinajstić information content (AvgIpc) is 3.90. The number of amides is 3. The van der Waals surface area contributed by atoms with Crippen LogP contribution < -0.4 is 10.6 Å². The van der Waals surface area contributed by atoms with Crippen LogP contribution in [0.25, 0.3) is 22.0 Å². The number of rotatable bonds is 11. The molecule has 0 radical (unpaired) electrons. The third-order valence-electron chi connectivity index (χ3n) is 8.41. The third kappa shape index (κ3) is 7.62. The van der Waals surface area contributed by atoms with Crippen LogP contribution in [-0.2, 0) is 26.3 Å². The molecule has 254 valence electrons. The molecule has 6 rings (SSSR count). The second-order valence-electron chi connectivity index (χ2n) is 12.0. The van der Waals surface area contributed by atoms with Gasteiger partial charge in [-0.25, -0.2) is 0 Å². The van der Waals surface area contributed by atoms with Crippen LogP contribution in [0.4, 0.5) is 5.00 Å². The first-order valence-electron chi connectivity index (χ1n) is 15.7. The first kappa shape index (κ1) is 34.6. The molecule has 3 amide bonds. The molecule has 0 spiro atoms. The molecule has 6 aromatic rings. The second-order valence-corrected chi connectivity index (χ2v) is 14.6. The van der Waals surface area contributed by atoms with Gasteiger partial charge in [-0.3, -0.25) is 14.4 Å². The van der Waals surface area contributed by atoms with Gasteiger partial charge in [0, 0.05) is 41.7 Å². The largest absolute Gasteiger partial charge is 0.361 e. The van der Waals surface area contributed by atoms with Gasteiger partial charge in [0.25, 0.3) is 11.8 Å². The van der Waals surface area contributed by atoms with Crippen molar-refractivity contribution in [1.29, 1.82) is 0 Å². The minimum absolute atomic E-state index is 0.102. The Morgan fingerprint density at radius 3 is 2.26 bits per heavy atom. The topological polar surface area (TPSA) is 128 Å². The first-order chi connectivity index (χ1) is 24.1. The summed E-state index contributed by atoms with van der Waals surface area (Å²) in [5.74, 6) is -1.83. The molecule has 0 unspecified atom stereocenters. The minimum Gasteiger partial charge on any atom is -0.361 e. The maximum atomic E-state index is 14.5. The van der Waals surface area contributed by atoms with Gasteiger partial charge in [-0.1, -0.05) is 59.7 Å². The maximum Gasteiger partial charge on any atom is 0.254 e. The number of nitrogens with one attached hydrogen (secondary N) is 3. The monoisotopic (exact) mass is 722 g/mol. The quantitative estimate of drug-likeness (QED) is 0.104. The molecule has 0 saturated heterocycles. The van der Waals surface area contributed by atoms with E-state index in [1.165, 1.54) is 22.4 Å². The molecule has 2 atom stereocenters. The van der Waals surface area contributed by atoms with Crippen LogP contribution >= 0.6 is 22.7 Å². The highest BCUT2D eigenvalue weighted by atomic mass is 32.2. The molecule has 50 heavy (non-hydrogen) atoms. The summed E-state index contributed by atoms with van der Waals surface area (Å²) in [4.78, 5) is 46.5. The van der Waals surface area contributed by atoms with Crippen molar-refractivity contribution in [2.45, 2.75) is 32.4 Å². The summed E-state index contributed by atoms with van der Waals surface area (Å²) in [6.07, 6.45) is 1.61. The number of aromatic nitrogens is 1. The maximum absolute atomic E-state index is 14.5. The van der Waals surface area contributed by atoms with E-state index >= 15 is 0 Å². The molecule has 0 aliphatic carbocycles. The van der Waals surface area contributed by atoms with E-state index in [0.29, 0.717) is 21.5 Å². The van der Waals surface area contributed by atoms with Crippen LogP contribution in [0.2, 0.25) is 0 Å². The van der Waals surface area contributed by atoms with E-state index in [-0.39, 0.29) is 22.8 Å². The summed E-state index contributed by atoms with van der Waals surface area (Å²) in [5.41, 5.74) is 5.98. The summed E-state index contributed by atoms with van der Waals surface area (Å²) in [5, 5.41) is 12.4. The van der Waals surface area contributed by atoms with Gasteiger partial charge in [0.2, 0.25) is 16.2 Å². The SMILES string of the molecule is Cc1cc(C)cc(C(=O)N(C)[C@H](Cc2ccc(-c3ccsc3)cc2)C(=O)N[C@H](C(=O)Nc2cccs2)C(c2c[nH]c3ccccc23)=S(=O)=O)c1. The van der Waals surface area contributed by atoms with E-state index in [9.17, 15) is 22.8 Å². The number of hydrogen-bond acceptors (Lipinski definition) is 7. The number of likely N-dealkylation sites (N-methyl/N-ethyl adjacent to an activating group) is 1. The first-order valence-corrected chi connectivity index (χ1v) is 18.6. The molecule has 3 aromatic carbocycles. The van der Waals surface area contributed by atoms with Crippen molar-refractivity contribution in [3.05, 3.63) is 135 Å². The molecule has 0 bridgehead atoms. The van der Waals surface area contributed by atoms with E-state index in [0.717, 1.165) is 27.8 Å². The molecule has 9 nitrogen and oxygen atoms in total. The van der Waals surface area contributed by atoms with Gasteiger partial charge in [-0.05, 0) is 83.1 Å². The minimum atomic E-state index is -2.93. The third-order valence-corrected chi connectivity index (χ3v) is 10.7. The van der Waals surface area contributed by atoms with Gasteiger partial charge in [0.1, 0.15) is 16.9 Å². The molecular weight excluding hydrogens is 689 g/mol. The lowest BCUT2D eigenvalue weighted by atomic mass is 9.98. The number of hydrogen-bond donors (Lipinski definition) is 3. The van der Waals surface area contributed by atoms with Crippen LogP contribution in [0.3, 0.4) is 0 Å². The van der Waals surface area contributed by atoms with Crippen LogP contribution in [-0.4, -0.2) is 60.0 Å². The molecule has 0 aliphatic rings. The zero-order valence-electron chi connectivity index (χ0n) is 27.5. The number of fused-ring (bicyclic) bond motifs is 1. The molecule has 0 aliphatic heterocycles. The zero-order chi connectivity index (χ0) is 35.4. The number of aryl methyl sites for hydroxylation is 2. The predicted molar refractivity (Wildman–Crippen MR) is 201 cm³/mol. The van der Waals surface area contributed by atoms with Crippen molar-refractivity contribution >= 4 is 71.5 Å². The van der Waals surface area contributed by atoms with E-state index in [2.05, 4.69) is 15.6 Å². The van der Waals surface area contributed by atoms with Crippen LogP contribution in [0.5, 0.6) is 0 Å². The Hall–Kier alpha value is -5.30. The highest BCUT2D eigenvalue weighted by molar-refractivity contribution is 7.73. The Bertz CT molecular complexity index is 2280. The molecule has 0 saturated carbocycles. The lowest BCUT2D eigenvalue weighted by Gasteiger charge is -2.29. The normalized spacial score (nSPS) is 12.2. The number of anilines is 1. The predicted octanol–water partition coefficient (Wildman–Crippen LogP) is 6.48. The average molecular weight is 723 g/mol. The van der Waals surface area contributed by atoms with Gasteiger partial charge < -0.3 is 20.5 Å². The van der Waals surface area contributed by atoms with E-state index in [4.69, 9.17) is 0 Å². The van der Waals surface area contributed by atoms with E-state index in [1.54, 1.807) is 72.3 Å². The summed E-state index contributed by atoms with van der Waals surface area (Å²) >= 11 is 2.85. The van der Waals surface area contributed by atoms with Crippen LogP contribution in [0, 0.1) is 13.8 Å². The fourth-order valence-corrected chi connectivity index (χ4v) is 7.98. The molecule has 0 fully saturated rings.